The molecule has 0 N–H and O–H groups in total. The summed E-state index contributed by atoms with van der Waals surface area (Å²) >= 11 is 0. The maximum Gasteiger partial charge on any atom is 0.118 e. The highest BCUT2D eigenvalue weighted by Gasteiger charge is 2.10. The molecule has 0 aliphatic carbocycles. The van der Waals surface area contributed by atoms with Gasteiger partial charge in [-0.1, -0.05) is 6.92 Å². The molecule has 1 rings (SSSR count). The Bertz CT molecular complexity index is 338. The van der Waals surface area contributed by atoms with E-state index in [1.54, 1.807) is 0 Å². The third-order valence-electron chi connectivity index (χ3n) is 2.43. The van der Waals surface area contributed by atoms with Gasteiger partial charge < -0.3 is 4.42 Å². The molecule has 0 aromatic carbocycles. The minimum absolute atomic E-state index is 0.117. The van der Waals surface area contributed by atoms with Crippen LogP contribution in [-0.4, -0.2) is 18.5 Å². The Hall–Kier alpha value is -1.27. The van der Waals surface area contributed by atoms with Crippen molar-refractivity contribution in [2.45, 2.75) is 26.8 Å². The molecule has 0 amide bonds. The molecule has 1 atom stereocenters. The molecule has 0 saturated heterocycles. The van der Waals surface area contributed by atoms with Crippen molar-refractivity contribution in [2.75, 3.05) is 13.6 Å². The second-order valence-corrected chi connectivity index (χ2v) is 3.94. The van der Waals surface area contributed by atoms with Crippen LogP contribution >= 0.6 is 0 Å². The predicted molar refractivity (Wildman–Crippen MR) is 59.2 cm³/mol. The van der Waals surface area contributed by atoms with Crippen LogP contribution in [0.5, 0.6) is 0 Å². The lowest BCUT2D eigenvalue weighted by Gasteiger charge is -2.17. The molecule has 1 heterocycles. The highest BCUT2D eigenvalue weighted by atomic mass is 16.3. The minimum Gasteiger partial charge on any atom is -0.465 e. The van der Waals surface area contributed by atoms with Crippen molar-refractivity contribution < 1.29 is 4.42 Å². The van der Waals surface area contributed by atoms with Gasteiger partial charge in [0.05, 0.1) is 18.5 Å². The average molecular weight is 206 g/mol. The van der Waals surface area contributed by atoms with E-state index in [-0.39, 0.29) is 5.92 Å². The SMILES string of the molecule is CCC(C#N)CN(C)Cc1ccc(C)o1. The summed E-state index contributed by atoms with van der Waals surface area (Å²) in [5, 5.41) is 8.85. The van der Waals surface area contributed by atoms with E-state index in [2.05, 4.69) is 11.0 Å². The summed E-state index contributed by atoms with van der Waals surface area (Å²) in [7, 11) is 2.01. The van der Waals surface area contributed by atoms with Gasteiger partial charge in [-0.15, -0.1) is 0 Å². The van der Waals surface area contributed by atoms with Gasteiger partial charge in [-0.05, 0) is 32.5 Å². The monoisotopic (exact) mass is 206 g/mol. The van der Waals surface area contributed by atoms with E-state index in [9.17, 15) is 0 Å². The fourth-order valence-corrected chi connectivity index (χ4v) is 1.54. The van der Waals surface area contributed by atoms with Gasteiger partial charge in [0.15, 0.2) is 0 Å². The first kappa shape index (κ1) is 11.8. The Balaban J connectivity index is 2.42. The van der Waals surface area contributed by atoms with E-state index in [0.29, 0.717) is 0 Å². The molecule has 1 aromatic heterocycles. The van der Waals surface area contributed by atoms with Gasteiger partial charge in [0.1, 0.15) is 11.5 Å². The quantitative estimate of drug-likeness (QED) is 0.743. The molecular weight excluding hydrogens is 188 g/mol. The Morgan fingerprint density at radius 2 is 2.27 bits per heavy atom. The molecule has 0 aliphatic rings. The molecule has 0 bridgehead atoms. The van der Waals surface area contributed by atoms with Crippen molar-refractivity contribution in [3.8, 4) is 6.07 Å². The summed E-state index contributed by atoms with van der Waals surface area (Å²) in [5.74, 6) is 2.01. The zero-order valence-electron chi connectivity index (χ0n) is 9.66. The van der Waals surface area contributed by atoms with Crippen molar-refractivity contribution in [3.05, 3.63) is 23.7 Å². The molecule has 15 heavy (non-hydrogen) atoms. The molecule has 82 valence electrons. The second kappa shape index (κ2) is 5.57. The van der Waals surface area contributed by atoms with Gasteiger partial charge in [-0.25, -0.2) is 0 Å². The fourth-order valence-electron chi connectivity index (χ4n) is 1.54. The molecule has 0 radical (unpaired) electrons. The summed E-state index contributed by atoms with van der Waals surface area (Å²) < 4.78 is 5.48. The lowest BCUT2D eigenvalue weighted by atomic mass is 10.1. The largest absolute Gasteiger partial charge is 0.465 e. The predicted octanol–water partition coefficient (Wildman–Crippen LogP) is 2.57. The smallest absolute Gasteiger partial charge is 0.118 e. The van der Waals surface area contributed by atoms with Crippen molar-refractivity contribution in [1.82, 2.24) is 4.90 Å². The van der Waals surface area contributed by atoms with E-state index in [4.69, 9.17) is 9.68 Å². The highest BCUT2D eigenvalue weighted by molar-refractivity contribution is 5.05. The second-order valence-electron chi connectivity index (χ2n) is 3.94. The van der Waals surface area contributed by atoms with Crippen LogP contribution in [0.25, 0.3) is 0 Å². The third kappa shape index (κ3) is 3.77. The molecule has 3 heteroatoms. The van der Waals surface area contributed by atoms with E-state index < -0.39 is 0 Å². The van der Waals surface area contributed by atoms with Crippen LogP contribution in [0.1, 0.15) is 24.9 Å². The number of nitrogens with zero attached hydrogens (tertiary/aromatic N) is 2. The molecule has 0 spiro atoms. The molecule has 3 nitrogen and oxygen atoms in total. The highest BCUT2D eigenvalue weighted by Crippen LogP contribution is 2.10. The zero-order valence-corrected chi connectivity index (χ0v) is 9.66. The summed E-state index contributed by atoms with van der Waals surface area (Å²) in [6.07, 6.45) is 0.901. The summed E-state index contributed by atoms with van der Waals surface area (Å²) in [4.78, 5) is 2.12. The normalized spacial score (nSPS) is 12.7. The summed E-state index contributed by atoms with van der Waals surface area (Å²) in [6, 6.07) is 6.25. The van der Waals surface area contributed by atoms with Gasteiger partial charge in [0.25, 0.3) is 0 Å². The van der Waals surface area contributed by atoms with Crippen LogP contribution in [0, 0.1) is 24.2 Å². The van der Waals surface area contributed by atoms with Crippen LogP contribution in [0.3, 0.4) is 0 Å². The fraction of sp³-hybridized carbons (Fsp3) is 0.583. The summed E-state index contributed by atoms with van der Waals surface area (Å²) in [5.41, 5.74) is 0. The Labute approximate surface area is 91.3 Å². The molecule has 1 aromatic rings. The van der Waals surface area contributed by atoms with Gasteiger partial charge in [-0.2, -0.15) is 5.26 Å². The van der Waals surface area contributed by atoms with Crippen molar-refractivity contribution in [1.29, 1.82) is 5.26 Å². The Kier molecular flexibility index (Phi) is 4.38. The molecule has 0 fully saturated rings. The van der Waals surface area contributed by atoms with Crippen molar-refractivity contribution >= 4 is 0 Å². The standard InChI is InChI=1S/C12H18N2O/c1-4-11(7-13)8-14(3)9-12-6-5-10(2)15-12/h5-6,11H,4,8-9H2,1-3H3. The van der Waals surface area contributed by atoms with E-state index in [1.807, 2.05) is 33.0 Å². The van der Waals surface area contributed by atoms with Crippen LogP contribution in [0.15, 0.2) is 16.5 Å². The van der Waals surface area contributed by atoms with E-state index in [0.717, 1.165) is 31.0 Å². The Morgan fingerprint density at radius 3 is 2.73 bits per heavy atom. The maximum atomic E-state index is 8.85. The van der Waals surface area contributed by atoms with Gasteiger partial charge in [0, 0.05) is 6.54 Å². The lowest BCUT2D eigenvalue weighted by Crippen LogP contribution is -2.24. The van der Waals surface area contributed by atoms with Crippen LogP contribution < -0.4 is 0 Å². The number of hydrogen-bond acceptors (Lipinski definition) is 3. The van der Waals surface area contributed by atoms with Gasteiger partial charge >= 0.3 is 0 Å². The first-order chi connectivity index (χ1) is 7.15. The lowest BCUT2D eigenvalue weighted by molar-refractivity contribution is 0.266. The topological polar surface area (TPSA) is 40.2 Å². The van der Waals surface area contributed by atoms with E-state index in [1.165, 1.54) is 0 Å². The maximum absolute atomic E-state index is 8.85. The molecule has 0 aliphatic heterocycles. The van der Waals surface area contributed by atoms with Crippen molar-refractivity contribution in [2.24, 2.45) is 5.92 Å². The first-order valence-electron chi connectivity index (χ1n) is 5.29. The number of hydrogen-bond donors (Lipinski definition) is 0. The number of nitriles is 1. The van der Waals surface area contributed by atoms with E-state index >= 15 is 0 Å². The molecule has 0 saturated carbocycles. The van der Waals surface area contributed by atoms with Gasteiger partial charge in [0.2, 0.25) is 0 Å². The molecule has 1 unspecified atom stereocenters. The zero-order chi connectivity index (χ0) is 11.3. The van der Waals surface area contributed by atoms with Crippen LogP contribution in [0.4, 0.5) is 0 Å². The number of furan rings is 1. The Morgan fingerprint density at radius 1 is 1.53 bits per heavy atom. The number of aryl methyl sites for hydroxylation is 1. The van der Waals surface area contributed by atoms with Crippen molar-refractivity contribution in [3.63, 3.8) is 0 Å². The van der Waals surface area contributed by atoms with Gasteiger partial charge in [-0.3, -0.25) is 4.90 Å². The number of rotatable bonds is 5. The van der Waals surface area contributed by atoms with Crippen LogP contribution in [0.2, 0.25) is 0 Å². The minimum atomic E-state index is 0.117. The van der Waals surface area contributed by atoms with Crippen LogP contribution in [-0.2, 0) is 6.54 Å². The molecular formula is C12H18N2O. The summed E-state index contributed by atoms with van der Waals surface area (Å²) in [6.45, 7) is 5.55. The third-order valence-corrected chi connectivity index (χ3v) is 2.43. The first-order valence-corrected chi connectivity index (χ1v) is 5.29. The average Bonchev–Trinajstić information content (AvgIpc) is 2.60.